The molecule has 27 heavy (non-hydrogen) atoms. The van der Waals surface area contributed by atoms with Crippen LogP contribution >= 0.6 is 7.82 Å². The smallest absolute Gasteiger partial charge is 0.754 e. The first kappa shape index (κ1) is 27.5. The molecular weight excluding hydrogens is 374 g/mol. The standard InChI is InChI=1S/C20H37O5P.Na/c1-4-5-6-7-8-9-10-11-12-15-18-23-25-26(21,22)24-20(3)17-14-13-16-19(20)2;/h13-14,16-17,19H,4-12,15,18H2,1-3H3,(H,21,22);/q;+1/p-1. The van der Waals surface area contributed by atoms with Gasteiger partial charge in [0.15, 0.2) is 0 Å². The molecule has 0 saturated carbocycles. The van der Waals surface area contributed by atoms with Crippen LogP contribution in [0.2, 0.25) is 0 Å². The Labute approximate surface area is 187 Å². The summed E-state index contributed by atoms with van der Waals surface area (Å²) in [6.07, 6.45) is 19.3. The molecule has 0 bridgehead atoms. The Morgan fingerprint density at radius 3 is 2.11 bits per heavy atom. The third-order valence-corrected chi connectivity index (χ3v) is 5.78. The molecular formula is C20H36NaO5P. The van der Waals surface area contributed by atoms with Gasteiger partial charge in [0.25, 0.3) is 7.82 Å². The Morgan fingerprint density at radius 2 is 1.56 bits per heavy atom. The first-order valence-corrected chi connectivity index (χ1v) is 11.5. The number of unbranched alkanes of at least 4 members (excludes halogenated alkanes) is 9. The molecule has 0 aliphatic heterocycles. The fraction of sp³-hybridized carbons (Fsp3) is 0.800. The summed E-state index contributed by atoms with van der Waals surface area (Å²) in [7, 11) is -4.50. The van der Waals surface area contributed by atoms with E-state index in [0.717, 1.165) is 19.3 Å². The van der Waals surface area contributed by atoms with Gasteiger partial charge in [0, 0.05) is 5.92 Å². The molecule has 1 aliphatic carbocycles. The van der Waals surface area contributed by atoms with E-state index in [1.54, 1.807) is 19.1 Å². The number of hydrogen-bond acceptors (Lipinski definition) is 5. The van der Waals surface area contributed by atoms with Gasteiger partial charge < -0.3 is 9.42 Å². The summed E-state index contributed by atoms with van der Waals surface area (Å²) in [5.74, 6) is -0.0691. The van der Waals surface area contributed by atoms with Crippen LogP contribution in [-0.4, -0.2) is 12.2 Å². The molecule has 3 unspecified atom stereocenters. The molecule has 152 valence electrons. The molecule has 0 saturated heterocycles. The van der Waals surface area contributed by atoms with Crippen molar-refractivity contribution in [2.45, 2.75) is 90.6 Å². The summed E-state index contributed by atoms with van der Waals surface area (Å²) < 4.78 is 21.7. The van der Waals surface area contributed by atoms with Crippen LogP contribution in [0.4, 0.5) is 0 Å². The molecule has 0 radical (unpaired) electrons. The SMILES string of the molecule is CCCCCCCCCCCCOOP(=O)([O-])OC1(C)C=CC=CC1C.[Na+]. The van der Waals surface area contributed by atoms with Crippen LogP contribution in [0.15, 0.2) is 24.3 Å². The van der Waals surface area contributed by atoms with Gasteiger partial charge in [-0.3, -0.25) is 4.57 Å². The Morgan fingerprint density at radius 1 is 1.00 bits per heavy atom. The second kappa shape index (κ2) is 15.4. The molecule has 3 atom stereocenters. The van der Waals surface area contributed by atoms with Gasteiger partial charge in [-0.25, -0.2) is 4.89 Å². The van der Waals surface area contributed by atoms with Crippen LogP contribution in [0.3, 0.4) is 0 Å². The minimum absolute atomic E-state index is 0. The van der Waals surface area contributed by atoms with E-state index in [1.165, 1.54) is 44.9 Å². The number of phosphoric acid groups is 1. The van der Waals surface area contributed by atoms with Gasteiger partial charge in [0.1, 0.15) is 0 Å². The predicted molar refractivity (Wildman–Crippen MR) is 103 cm³/mol. The Bertz CT molecular complexity index is 483. The van der Waals surface area contributed by atoms with Gasteiger partial charge in [-0.2, -0.15) is 4.67 Å². The molecule has 1 aliphatic rings. The van der Waals surface area contributed by atoms with Gasteiger partial charge in [0.2, 0.25) is 0 Å². The predicted octanol–water partition coefficient (Wildman–Crippen LogP) is 2.87. The summed E-state index contributed by atoms with van der Waals surface area (Å²) >= 11 is 0. The monoisotopic (exact) mass is 410 g/mol. The van der Waals surface area contributed by atoms with E-state index in [-0.39, 0.29) is 42.1 Å². The molecule has 0 heterocycles. The summed E-state index contributed by atoms with van der Waals surface area (Å²) in [4.78, 5) is 16.8. The first-order chi connectivity index (χ1) is 12.4. The Hall–Kier alpha value is 0.550. The van der Waals surface area contributed by atoms with Crippen molar-refractivity contribution in [2.75, 3.05) is 6.61 Å². The maximum atomic E-state index is 11.9. The summed E-state index contributed by atoms with van der Waals surface area (Å²) in [5.41, 5.74) is -0.938. The topological polar surface area (TPSA) is 67.8 Å². The average molecular weight is 410 g/mol. The Balaban J connectivity index is 0.00000676. The summed E-state index contributed by atoms with van der Waals surface area (Å²) in [6, 6.07) is 0. The van der Waals surface area contributed by atoms with E-state index in [1.807, 2.05) is 19.1 Å². The fourth-order valence-electron chi connectivity index (χ4n) is 2.94. The molecule has 0 aromatic heterocycles. The number of hydrogen-bond donors (Lipinski definition) is 0. The number of phosphoric ester groups is 1. The van der Waals surface area contributed by atoms with Gasteiger partial charge in [-0.1, -0.05) is 95.9 Å². The fourth-order valence-corrected chi connectivity index (χ4v) is 3.88. The minimum Gasteiger partial charge on any atom is -0.754 e. The van der Waals surface area contributed by atoms with Crippen molar-refractivity contribution in [1.82, 2.24) is 0 Å². The zero-order chi connectivity index (χ0) is 19.3. The van der Waals surface area contributed by atoms with E-state index < -0.39 is 13.4 Å². The second-order valence-electron chi connectivity index (χ2n) is 7.33. The van der Waals surface area contributed by atoms with Crippen LogP contribution in [0.5, 0.6) is 0 Å². The van der Waals surface area contributed by atoms with Crippen LogP contribution in [-0.2, 0) is 18.7 Å². The zero-order valence-electron chi connectivity index (χ0n) is 17.7. The number of rotatable bonds is 15. The zero-order valence-corrected chi connectivity index (χ0v) is 20.5. The van der Waals surface area contributed by atoms with E-state index in [0.29, 0.717) is 0 Å². The van der Waals surface area contributed by atoms with Crippen molar-refractivity contribution in [3.8, 4) is 0 Å². The molecule has 0 amide bonds. The van der Waals surface area contributed by atoms with Crippen molar-refractivity contribution in [3.63, 3.8) is 0 Å². The van der Waals surface area contributed by atoms with E-state index in [9.17, 15) is 9.46 Å². The molecule has 7 heteroatoms. The van der Waals surface area contributed by atoms with Gasteiger partial charge in [-0.05, 0) is 13.3 Å². The minimum atomic E-state index is -4.50. The van der Waals surface area contributed by atoms with Crippen molar-refractivity contribution in [2.24, 2.45) is 5.92 Å². The van der Waals surface area contributed by atoms with Crippen LogP contribution in [0, 0.1) is 5.92 Å². The first-order valence-electron chi connectivity index (χ1n) is 10.1. The van der Waals surface area contributed by atoms with Gasteiger partial charge in [-0.15, -0.1) is 0 Å². The van der Waals surface area contributed by atoms with Crippen LogP contribution in [0.25, 0.3) is 0 Å². The van der Waals surface area contributed by atoms with Gasteiger partial charge >= 0.3 is 29.6 Å². The maximum Gasteiger partial charge on any atom is 1.00 e. The molecule has 5 nitrogen and oxygen atoms in total. The van der Waals surface area contributed by atoms with Crippen LogP contribution in [0.1, 0.15) is 85.0 Å². The number of allylic oxidation sites excluding steroid dienone is 2. The van der Waals surface area contributed by atoms with E-state index in [4.69, 9.17) is 9.41 Å². The molecule has 0 N–H and O–H groups in total. The van der Waals surface area contributed by atoms with Crippen molar-refractivity contribution in [3.05, 3.63) is 24.3 Å². The van der Waals surface area contributed by atoms with Gasteiger partial charge in [0.05, 0.1) is 12.2 Å². The largest absolute Gasteiger partial charge is 1.00 e. The normalized spacial score (nSPS) is 23.8. The van der Waals surface area contributed by atoms with E-state index >= 15 is 0 Å². The molecule has 0 aromatic rings. The third kappa shape index (κ3) is 12.7. The van der Waals surface area contributed by atoms with E-state index in [2.05, 4.69) is 11.6 Å². The third-order valence-electron chi connectivity index (χ3n) is 4.88. The Kier molecular flexibility index (Phi) is 15.7. The van der Waals surface area contributed by atoms with Crippen molar-refractivity contribution >= 4 is 7.82 Å². The molecule has 0 spiro atoms. The summed E-state index contributed by atoms with van der Waals surface area (Å²) in [5, 5.41) is 0. The molecule has 1 rings (SSSR count). The quantitative estimate of drug-likeness (QED) is 0.137. The molecule has 0 fully saturated rings. The average Bonchev–Trinajstić information content (AvgIpc) is 2.58. The molecule has 0 aromatic carbocycles. The summed E-state index contributed by atoms with van der Waals surface area (Å²) in [6.45, 7) is 6.10. The van der Waals surface area contributed by atoms with Crippen molar-refractivity contribution in [1.29, 1.82) is 0 Å². The maximum absolute atomic E-state index is 11.9. The second-order valence-corrected chi connectivity index (χ2v) is 8.56. The van der Waals surface area contributed by atoms with Crippen LogP contribution < -0.4 is 34.5 Å². The van der Waals surface area contributed by atoms with Crippen molar-refractivity contribution < 1.29 is 53.1 Å².